The molecule has 0 aliphatic carbocycles. The second-order valence-electron chi connectivity index (χ2n) is 7.62. The van der Waals surface area contributed by atoms with Gasteiger partial charge in [-0.25, -0.2) is 5.01 Å². The number of hydrogen-bond acceptors (Lipinski definition) is 4. The Labute approximate surface area is 169 Å². The van der Waals surface area contributed by atoms with Crippen LogP contribution >= 0.6 is 23.2 Å². The lowest BCUT2D eigenvalue weighted by Gasteiger charge is -2.50. The van der Waals surface area contributed by atoms with Crippen LogP contribution in [0.5, 0.6) is 5.75 Å². The molecule has 27 heavy (non-hydrogen) atoms. The molecule has 1 atom stereocenters. The second kappa shape index (κ2) is 6.40. The topological polar surface area (TPSA) is 28.1 Å². The average molecular weight is 402 g/mol. The van der Waals surface area contributed by atoms with Gasteiger partial charge in [-0.1, -0.05) is 47.5 Å². The first-order chi connectivity index (χ1) is 13.1. The predicted molar refractivity (Wildman–Crippen MR) is 109 cm³/mol. The van der Waals surface area contributed by atoms with Gasteiger partial charge in [-0.05, 0) is 25.2 Å². The van der Waals surface area contributed by atoms with E-state index in [2.05, 4.69) is 35.2 Å². The number of rotatable bonds is 1. The number of hydrogen-bond donors (Lipinski definition) is 0. The number of fused-ring (bicyclic) bond motifs is 4. The molecule has 3 aliphatic heterocycles. The van der Waals surface area contributed by atoms with Crippen molar-refractivity contribution >= 4 is 28.9 Å². The molecule has 0 aromatic heterocycles. The Morgan fingerprint density at radius 3 is 2.67 bits per heavy atom. The Bertz CT molecular complexity index is 921. The smallest absolute Gasteiger partial charge is 0.200 e. The number of piperidine rings is 1. The number of ether oxygens (including phenoxy) is 1. The third kappa shape index (κ3) is 2.82. The lowest BCUT2D eigenvalue weighted by Crippen LogP contribution is -2.58. The van der Waals surface area contributed by atoms with Crippen molar-refractivity contribution in [3.05, 3.63) is 63.6 Å². The minimum absolute atomic E-state index is 0.181. The summed E-state index contributed by atoms with van der Waals surface area (Å²) < 4.78 is 6.59. The summed E-state index contributed by atoms with van der Waals surface area (Å²) in [5.41, 5.74) is 2.77. The van der Waals surface area contributed by atoms with E-state index in [4.69, 9.17) is 33.0 Å². The number of halogens is 2. The third-order valence-corrected chi connectivity index (χ3v) is 6.46. The first kappa shape index (κ1) is 17.4. The van der Waals surface area contributed by atoms with Crippen LogP contribution < -0.4 is 4.74 Å². The highest BCUT2D eigenvalue weighted by Crippen LogP contribution is 2.50. The number of nitrogens with zero attached hydrogens (tertiary/aromatic N) is 3. The van der Waals surface area contributed by atoms with Crippen LogP contribution in [-0.2, 0) is 0 Å². The molecule has 0 amide bonds. The Hall–Kier alpha value is -1.75. The first-order valence-corrected chi connectivity index (χ1v) is 10.1. The maximum Gasteiger partial charge on any atom is 0.200 e. The van der Waals surface area contributed by atoms with Gasteiger partial charge in [0, 0.05) is 48.5 Å². The number of para-hydroxylation sites is 1. The van der Waals surface area contributed by atoms with Crippen LogP contribution in [-0.4, -0.2) is 41.5 Å². The van der Waals surface area contributed by atoms with E-state index in [0.29, 0.717) is 10.0 Å². The third-order valence-electron chi connectivity index (χ3n) is 5.92. The molecule has 3 aliphatic rings. The molecule has 1 fully saturated rings. The fourth-order valence-electron chi connectivity index (χ4n) is 4.41. The molecular weight excluding hydrogens is 381 g/mol. The molecule has 4 nitrogen and oxygen atoms in total. The monoisotopic (exact) mass is 401 g/mol. The van der Waals surface area contributed by atoms with Crippen LogP contribution in [0.1, 0.15) is 36.4 Å². The largest absolute Gasteiger partial charge is 0.466 e. The van der Waals surface area contributed by atoms with E-state index in [9.17, 15) is 0 Å². The second-order valence-corrected chi connectivity index (χ2v) is 8.47. The summed E-state index contributed by atoms with van der Waals surface area (Å²) in [4.78, 5) is 2.35. The van der Waals surface area contributed by atoms with Gasteiger partial charge in [0.2, 0.25) is 5.72 Å². The molecule has 0 bridgehead atoms. The summed E-state index contributed by atoms with van der Waals surface area (Å²) in [5.74, 6) is 0.988. The fraction of sp³-hybridized carbons (Fsp3) is 0.381. The average Bonchev–Trinajstić information content (AvgIpc) is 3.11. The van der Waals surface area contributed by atoms with E-state index in [0.717, 1.165) is 49.4 Å². The van der Waals surface area contributed by atoms with E-state index in [1.165, 1.54) is 5.56 Å². The summed E-state index contributed by atoms with van der Waals surface area (Å²) in [7, 11) is 2.16. The van der Waals surface area contributed by atoms with Gasteiger partial charge in [-0.15, -0.1) is 0 Å². The Balaban J connectivity index is 1.59. The van der Waals surface area contributed by atoms with E-state index < -0.39 is 0 Å². The highest BCUT2D eigenvalue weighted by Gasteiger charge is 2.51. The zero-order valence-electron chi connectivity index (χ0n) is 15.2. The number of hydrazone groups is 1. The van der Waals surface area contributed by atoms with Gasteiger partial charge in [0.25, 0.3) is 0 Å². The standard InChI is InChI=1S/C21H21Cl2N3O/c1-25-10-8-21(9-11-25)26-19(16-4-2-3-5-20(16)27-21)13-18(24-26)15-7-6-14(22)12-17(15)23/h2-7,12,19H,8-11,13H2,1H3/t19-/m1/s1. The van der Waals surface area contributed by atoms with Crippen LogP contribution in [0.2, 0.25) is 10.0 Å². The summed E-state index contributed by atoms with van der Waals surface area (Å²) >= 11 is 12.6. The van der Waals surface area contributed by atoms with Gasteiger partial charge < -0.3 is 9.64 Å². The molecule has 6 heteroatoms. The molecule has 0 saturated carbocycles. The summed E-state index contributed by atoms with van der Waals surface area (Å²) in [6, 6.07) is 14.2. The van der Waals surface area contributed by atoms with Crippen LogP contribution in [0.3, 0.4) is 0 Å². The lowest BCUT2D eigenvalue weighted by molar-refractivity contribution is -0.147. The summed E-state index contributed by atoms with van der Waals surface area (Å²) in [6.45, 7) is 2.00. The van der Waals surface area contributed by atoms with Gasteiger partial charge in [0.05, 0.1) is 16.8 Å². The highest BCUT2D eigenvalue weighted by atomic mass is 35.5. The van der Waals surface area contributed by atoms with Crippen molar-refractivity contribution < 1.29 is 4.74 Å². The van der Waals surface area contributed by atoms with Gasteiger partial charge in [0.1, 0.15) is 5.75 Å². The number of benzene rings is 2. The van der Waals surface area contributed by atoms with Crippen LogP contribution in [0.25, 0.3) is 0 Å². The van der Waals surface area contributed by atoms with Gasteiger partial charge in [-0.2, -0.15) is 5.10 Å². The molecule has 0 N–H and O–H groups in total. The Kier molecular flexibility index (Phi) is 4.12. The molecule has 0 radical (unpaired) electrons. The molecule has 5 rings (SSSR count). The SMILES string of the molecule is CN1CCC2(CC1)Oc1ccccc1[C@H]1CC(c3ccc(Cl)cc3Cl)=NN12. The van der Waals surface area contributed by atoms with E-state index in [-0.39, 0.29) is 11.8 Å². The minimum atomic E-state index is -0.383. The first-order valence-electron chi connectivity index (χ1n) is 9.34. The van der Waals surface area contributed by atoms with Gasteiger partial charge in [0.15, 0.2) is 0 Å². The summed E-state index contributed by atoms with van der Waals surface area (Å²) in [5, 5.41) is 8.55. The molecule has 2 aromatic carbocycles. The molecule has 140 valence electrons. The molecule has 3 heterocycles. The van der Waals surface area contributed by atoms with Crippen molar-refractivity contribution in [2.75, 3.05) is 20.1 Å². The lowest BCUT2D eigenvalue weighted by atomic mass is 9.91. The zero-order chi connectivity index (χ0) is 18.6. The van der Waals surface area contributed by atoms with Crippen LogP contribution in [0.15, 0.2) is 47.6 Å². The normalized spacial score (nSPS) is 23.6. The van der Waals surface area contributed by atoms with Crippen molar-refractivity contribution in [2.45, 2.75) is 31.0 Å². The minimum Gasteiger partial charge on any atom is -0.466 e. The summed E-state index contributed by atoms with van der Waals surface area (Å²) in [6.07, 6.45) is 2.68. The van der Waals surface area contributed by atoms with Crippen molar-refractivity contribution in [1.82, 2.24) is 9.91 Å². The van der Waals surface area contributed by atoms with E-state index >= 15 is 0 Å². The zero-order valence-corrected chi connectivity index (χ0v) is 16.7. The molecule has 0 unspecified atom stereocenters. The fourth-order valence-corrected chi connectivity index (χ4v) is 4.93. The maximum atomic E-state index is 6.59. The van der Waals surface area contributed by atoms with Crippen molar-refractivity contribution in [3.63, 3.8) is 0 Å². The highest BCUT2D eigenvalue weighted by molar-refractivity contribution is 6.37. The molecule has 1 spiro atoms. The van der Waals surface area contributed by atoms with E-state index in [1.807, 2.05) is 18.2 Å². The van der Waals surface area contributed by atoms with Crippen molar-refractivity contribution in [3.8, 4) is 5.75 Å². The van der Waals surface area contributed by atoms with Gasteiger partial charge >= 0.3 is 0 Å². The maximum absolute atomic E-state index is 6.59. The predicted octanol–water partition coefficient (Wildman–Crippen LogP) is 4.96. The van der Waals surface area contributed by atoms with Crippen LogP contribution in [0.4, 0.5) is 0 Å². The number of likely N-dealkylation sites (tertiary alicyclic amines) is 1. The Morgan fingerprint density at radius 1 is 1.11 bits per heavy atom. The molecule has 2 aromatic rings. The molecular formula is C21H21Cl2N3O. The Morgan fingerprint density at radius 2 is 1.89 bits per heavy atom. The molecule has 1 saturated heterocycles. The van der Waals surface area contributed by atoms with Crippen LogP contribution in [0, 0.1) is 0 Å². The quantitative estimate of drug-likeness (QED) is 0.675. The van der Waals surface area contributed by atoms with Gasteiger partial charge in [-0.3, -0.25) is 0 Å². The van der Waals surface area contributed by atoms with Crippen molar-refractivity contribution in [2.24, 2.45) is 5.10 Å². The van der Waals surface area contributed by atoms with Crippen molar-refractivity contribution in [1.29, 1.82) is 0 Å². The van der Waals surface area contributed by atoms with E-state index in [1.54, 1.807) is 6.07 Å².